The number of carbonyl (C=O) groups is 2. The fraction of sp³-hybridized carbons (Fsp3) is 0.286. The number of halogens is 3. The number of piperidine rings is 1. The van der Waals surface area contributed by atoms with E-state index in [-0.39, 0.29) is 23.3 Å². The topological polar surface area (TPSA) is 108 Å². The number of carbonyl (C=O) groups excluding carboxylic acids is 2. The van der Waals surface area contributed by atoms with Gasteiger partial charge in [0, 0.05) is 48.3 Å². The third kappa shape index (κ3) is 6.87. The van der Waals surface area contributed by atoms with Crippen LogP contribution in [0.4, 0.5) is 47.7 Å². The molecule has 210 valence electrons. The van der Waals surface area contributed by atoms with E-state index in [2.05, 4.69) is 37.4 Å². The van der Waals surface area contributed by atoms with Crippen LogP contribution in [-0.4, -0.2) is 41.9 Å². The van der Waals surface area contributed by atoms with E-state index in [4.69, 9.17) is 4.74 Å². The Labute approximate surface area is 229 Å². The molecule has 0 saturated carbocycles. The third-order valence-electron chi connectivity index (χ3n) is 6.54. The van der Waals surface area contributed by atoms with Gasteiger partial charge < -0.3 is 25.6 Å². The van der Waals surface area contributed by atoms with Gasteiger partial charge in [0.2, 0.25) is 11.9 Å². The summed E-state index contributed by atoms with van der Waals surface area (Å²) in [6.07, 6.45) is -1.39. The molecule has 12 heteroatoms. The van der Waals surface area contributed by atoms with Gasteiger partial charge in [-0.25, -0.2) is 4.98 Å². The lowest BCUT2D eigenvalue weighted by Crippen LogP contribution is -2.35. The van der Waals surface area contributed by atoms with E-state index in [9.17, 15) is 22.8 Å². The molecule has 4 rings (SSSR count). The van der Waals surface area contributed by atoms with Crippen molar-refractivity contribution in [3.63, 3.8) is 0 Å². The number of alkyl halides is 3. The highest BCUT2D eigenvalue weighted by Gasteiger charge is 2.35. The predicted octanol–water partition coefficient (Wildman–Crippen LogP) is 5.92. The molecule has 1 amide bonds. The fourth-order valence-corrected chi connectivity index (χ4v) is 4.39. The molecule has 1 aromatic heterocycles. The van der Waals surface area contributed by atoms with Crippen molar-refractivity contribution >= 4 is 46.2 Å². The van der Waals surface area contributed by atoms with E-state index in [1.807, 2.05) is 12.1 Å². The summed E-state index contributed by atoms with van der Waals surface area (Å²) >= 11 is 0. The van der Waals surface area contributed by atoms with E-state index >= 15 is 0 Å². The van der Waals surface area contributed by atoms with E-state index in [0.717, 1.165) is 37.7 Å². The monoisotopic (exact) mass is 554 g/mol. The number of rotatable bonds is 9. The summed E-state index contributed by atoms with van der Waals surface area (Å²) in [7, 11) is 1.49. The quantitative estimate of drug-likeness (QED) is 0.280. The highest BCUT2D eigenvalue weighted by Crippen LogP contribution is 2.37. The van der Waals surface area contributed by atoms with Gasteiger partial charge in [-0.3, -0.25) is 9.59 Å². The average Bonchev–Trinajstić information content (AvgIpc) is 2.93. The summed E-state index contributed by atoms with van der Waals surface area (Å²) < 4.78 is 46.8. The van der Waals surface area contributed by atoms with Gasteiger partial charge in [-0.15, -0.1) is 0 Å². The molecule has 1 saturated heterocycles. The van der Waals surface area contributed by atoms with Gasteiger partial charge in [-0.05, 0) is 56.2 Å². The minimum absolute atomic E-state index is 0.0760. The largest absolute Gasteiger partial charge is 0.494 e. The molecule has 40 heavy (non-hydrogen) atoms. The summed E-state index contributed by atoms with van der Waals surface area (Å²) in [5, 5.41) is 8.18. The lowest BCUT2D eigenvalue weighted by molar-refractivity contribution is -0.137. The maximum absolute atomic E-state index is 13.8. The zero-order chi connectivity index (χ0) is 28.9. The van der Waals surface area contributed by atoms with Gasteiger partial charge in [0.05, 0.1) is 12.8 Å². The Morgan fingerprint density at radius 1 is 1.10 bits per heavy atom. The highest BCUT2D eigenvalue weighted by atomic mass is 19.4. The van der Waals surface area contributed by atoms with Crippen LogP contribution in [-0.2, 0) is 15.8 Å². The van der Waals surface area contributed by atoms with Crippen LogP contribution in [0.15, 0.2) is 61.3 Å². The maximum Gasteiger partial charge on any atom is 0.421 e. The molecule has 1 fully saturated rings. The van der Waals surface area contributed by atoms with Gasteiger partial charge in [-0.2, -0.15) is 18.2 Å². The Morgan fingerprint density at radius 2 is 1.82 bits per heavy atom. The Morgan fingerprint density at radius 3 is 2.48 bits per heavy atom. The molecule has 0 unspecified atom stereocenters. The Kier molecular flexibility index (Phi) is 8.56. The molecule has 0 atom stereocenters. The zero-order valence-corrected chi connectivity index (χ0v) is 22.0. The van der Waals surface area contributed by atoms with Crippen LogP contribution in [0.2, 0.25) is 0 Å². The minimum atomic E-state index is -4.72. The first-order valence-electron chi connectivity index (χ1n) is 12.5. The lowest BCUT2D eigenvalue weighted by Gasteiger charge is -2.33. The second-order valence-corrected chi connectivity index (χ2v) is 9.23. The first kappa shape index (κ1) is 28.4. The highest BCUT2D eigenvalue weighted by molar-refractivity contribution is 5.99. The van der Waals surface area contributed by atoms with Crippen LogP contribution < -0.4 is 25.6 Å². The molecular weight excluding hydrogens is 525 g/mol. The number of anilines is 6. The summed E-state index contributed by atoms with van der Waals surface area (Å²) in [6.45, 7) is 6.46. The molecule has 3 aromatic rings. The van der Waals surface area contributed by atoms with Crippen LogP contribution in [0.3, 0.4) is 0 Å². The van der Waals surface area contributed by atoms with Crippen molar-refractivity contribution in [1.29, 1.82) is 0 Å². The number of nitrogens with zero attached hydrogens (tertiary/aromatic N) is 3. The third-order valence-corrected chi connectivity index (χ3v) is 6.54. The van der Waals surface area contributed by atoms with Gasteiger partial charge in [0.25, 0.3) is 0 Å². The Bertz CT molecular complexity index is 1400. The summed E-state index contributed by atoms with van der Waals surface area (Å²) in [4.78, 5) is 33.4. The number of Topliss-reactive ketones (excluding diaryl/α,β-unsaturated/α-hetero) is 1. The van der Waals surface area contributed by atoms with Crippen LogP contribution in [0.25, 0.3) is 0 Å². The van der Waals surface area contributed by atoms with Crippen LogP contribution in [0.5, 0.6) is 5.75 Å². The summed E-state index contributed by atoms with van der Waals surface area (Å²) in [5.74, 6) is -0.278. The van der Waals surface area contributed by atoms with Crippen molar-refractivity contribution in [3.8, 4) is 5.75 Å². The molecule has 9 nitrogen and oxygen atoms in total. The van der Waals surface area contributed by atoms with E-state index in [1.54, 1.807) is 31.2 Å². The summed E-state index contributed by atoms with van der Waals surface area (Å²) in [5.41, 5.74) is 0.946. The van der Waals surface area contributed by atoms with Gasteiger partial charge in [0.15, 0.2) is 0 Å². The van der Waals surface area contributed by atoms with Crippen LogP contribution >= 0.6 is 0 Å². The lowest BCUT2D eigenvalue weighted by atomic mass is 9.93. The zero-order valence-electron chi connectivity index (χ0n) is 22.0. The summed E-state index contributed by atoms with van der Waals surface area (Å²) in [6, 6.07) is 11.6. The number of benzene rings is 2. The number of ether oxygens (including phenoxy) is 1. The first-order chi connectivity index (χ1) is 19.1. The Hall–Kier alpha value is -4.61. The van der Waals surface area contributed by atoms with Crippen molar-refractivity contribution in [3.05, 3.63) is 66.9 Å². The molecule has 1 aliphatic heterocycles. The fourth-order valence-electron chi connectivity index (χ4n) is 4.39. The molecule has 0 aliphatic carbocycles. The van der Waals surface area contributed by atoms with Gasteiger partial charge in [-0.1, -0.05) is 12.6 Å². The molecule has 2 heterocycles. The first-order valence-corrected chi connectivity index (χ1v) is 12.5. The normalized spacial score (nSPS) is 13.9. The SMILES string of the molecule is C=CC(=O)Nc1cccc(Nc2nc(Nc3ccc(N4CCC(C(C)=O)CC4)cc3OC)ncc2C(F)(F)F)c1. The van der Waals surface area contributed by atoms with Gasteiger partial charge >= 0.3 is 6.18 Å². The predicted molar refractivity (Wildman–Crippen MR) is 147 cm³/mol. The van der Waals surface area contributed by atoms with Crippen molar-refractivity contribution in [2.45, 2.75) is 25.9 Å². The molecule has 0 radical (unpaired) electrons. The van der Waals surface area contributed by atoms with E-state index < -0.39 is 23.5 Å². The van der Waals surface area contributed by atoms with Crippen molar-refractivity contribution in [1.82, 2.24) is 9.97 Å². The van der Waals surface area contributed by atoms with Gasteiger partial charge in [0.1, 0.15) is 22.9 Å². The van der Waals surface area contributed by atoms with Crippen molar-refractivity contribution in [2.75, 3.05) is 41.0 Å². The molecule has 3 N–H and O–H groups in total. The number of hydrogen-bond acceptors (Lipinski definition) is 8. The van der Waals surface area contributed by atoms with Crippen LogP contribution in [0, 0.1) is 5.92 Å². The molecular formula is C28H29F3N6O3. The number of amides is 1. The molecule has 1 aliphatic rings. The number of aromatic nitrogens is 2. The number of methoxy groups -OCH3 is 1. The average molecular weight is 555 g/mol. The molecule has 0 spiro atoms. The minimum Gasteiger partial charge on any atom is -0.494 e. The molecule has 2 aromatic carbocycles. The van der Waals surface area contributed by atoms with Crippen molar-refractivity contribution < 1.29 is 27.5 Å². The van der Waals surface area contributed by atoms with E-state index in [1.165, 1.54) is 13.2 Å². The second-order valence-electron chi connectivity index (χ2n) is 9.23. The smallest absolute Gasteiger partial charge is 0.421 e. The maximum atomic E-state index is 13.8. The number of nitrogens with one attached hydrogen (secondary N) is 3. The van der Waals surface area contributed by atoms with E-state index in [0.29, 0.717) is 23.3 Å². The number of hydrogen-bond donors (Lipinski definition) is 3. The second kappa shape index (κ2) is 12.1. The Balaban J connectivity index is 1.57. The number of ketones is 1. The van der Waals surface area contributed by atoms with Crippen molar-refractivity contribution in [2.24, 2.45) is 5.92 Å². The van der Waals surface area contributed by atoms with Crippen LogP contribution in [0.1, 0.15) is 25.3 Å². The standard InChI is InChI=1S/C28H29F3N6O3/c1-4-25(39)33-19-6-5-7-20(14-19)34-26-22(28(29,30)31)16-32-27(36-26)35-23-9-8-21(15-24(23)40-3)37-12-10-18(11-13-37)17(2)38/h4-9,14-16,18H,1,10-13H2,2-3H3,(H,33,39)(H2,32,34,35,36). The molecule has 0 bridgehead atoms.